The Morgan fingerprint density at radius 3 is 1.98 bits per heavy atom. The first-order chi connectivity index (χ1) is 24.2. The van der Waals surface area contributed by atoms with E-state index in [4.69, 9.17) is 0 Å². The van der Waals surface area contributed by atoms with Crippen molar-refractivity contribution in [1.29, 1.82) is 0 Å². The summed E-state index contributed by atoms with van der Waals surface area (Å²) >= 11 is 0. The Morgan fingerprint density at radius 1 is 0.429 bits per heavy atom. The molecule has 1 atom stereocenters. The summed E-state index contributed by atoms with van der Waals surface area (Å²) in [5.41, 5.74) is 17.7. The van der Waals surface area contributed by atoms with E-state index in [2.05, 4.69) is 181 Å². The monoisotopic (exact) mass is 621 g/mol. The molecule has 0 radical (unpaired) electrons. The molecule has 1 aliphatic carbocycles. The standard InChI is InChI=1S/C48H31N/c1-30-21-23-32(24-22-30)46-34-12-3-2-11-31(34)25-27-35(46)33-26-28-37-36-13-4-6-16-40(36)48(43(37)29-33)41-17-7-9-20-45(41)49-44-19-8-5-14-38(44)39-15-10-18-42(48)47(39)49/h2-29H,1H3. The first kappa shape index (κ1) is 26.8. The summed E-state index contributed by atoms with van der Waals surface area (Å²) < 4.78 is 2.52. The molecule has 1 spiro atoms. The van der Waals surface area contributed by atoms with Gasteiger partial charge in [0.2, 0.25) is 0 Å². The zero-order valence-electron chi connectivity index (χ0n) is 27.1. The maximum absolute atomic E-state index is 2.52. The number of para-hydroxylation sites is 3. The highest BCUT2D eigenvalue weighted by molar-refractivity contribution is 6.13. The van der Waals surface area contributed by atoms with Gasteiger partial charge in [0.25, 0.3) is 0 Å². The fraction of sp³-hybridized carbons (Fsp3) is 0.0417. The van der Waals surface area contributed by atoms with Crippen LogP contribution in [0.25, 0.3) is 71.6 Å². The lowest BCUT2D eigenvalue weighted by molar-refractivity contribution is 0.749. The Hall–Kier alpha value is -6.18. The van der Waals surface area contributed by atoms with E-state index in [0.29, 0.717) is 0 Å². The van der Waals surface area contributed by atoms with Crippen LogP contribution in [0.15, 0.2) is 170 Å². The molecule has 49 heavy (non-hydrogen) atoms. The van der Waals surface area contributed by atoms with Crippen LogP contribution in [0.1, 0.15) is 27.8 Å². The highest BCUT2D eigenvalue weighted by Gasteiger charge is 2.50. The van der Waals surface area contributed by atoms with Crippen molar-refractivity contribution in [1.82, 2.24) is 4.57 Å². The first-order valence-corrected chi connectivity index (χ1v) is 17.2. The summed E-state index contributed by atoms with van der Waals surface area (Å²) in [6, 6.07) is 63.8. The van der Waals surface area contributed by atoms with Crippen molar-refractivity contribution >= 4 is 32.6 Å². The second-order valence-electron chi connectivity index (χ2n) is 13.7. The van der Waals surface area contributed by atoms with Gasteiger partial charge in [-0.3, -0.25) is 0 Å². The Morgan fingerprint density at radius 2 is 1.08 bits per heavy atom. The van der Waals surface area contributed by atoms with Crippen LogP contribution >= 0.6 is 0 Å². The predicted octanol–water partition coefficient (Wildman–Crippen LogP) is 12.3. The van der Waals surface area contributed by atoms with E-state index in [-0.39, 0.29) is 0 Å². The molecule has 11 rings (SSSR count). The number of hydrogen-bond acceptors (Lipinski definition) is 0. The van der Waals surface area contributed by atoms with Gasteiger partial charge >= 0.3 is 0 Å². The Bertz CT molecular complexity index is 2830. The second kappa shape index (κ2) is 9.69. The summed E-state index contributed by atoms with van der Waals surface area (Å²) in [5, 5.41) is 5.14. The van der Waals surface area contributed by atoms with E-state index in [9.17, 15) is 0 Å². The molecule has 228 valence electrons. The normalized spacial score (nSPS) is 15.5. The third-order valence-electron chi connectivity index (χ3n) is 11.3. The van der Waals surface area contributed by atoms with Gasteiger partial charge in [0.05, 0.1) is 22.1 Å². The third kappa shape index (κ3) is 3.39. The lowest BCUT2D eigenvalue weighted by atomic mass is 9.65. The lowest BCUT2D eigenvalue weighted by Crippen LogP contribution is -2.33. The number of aryl methyl sites for hydroxylation is 1. The van der Waals surface area contributed by atoms with Gasteiger partial charge in [-0.15, -0.1) is 0 Å². The van der Waals surface area contributed by atoms with E-state index in [1.54, 1.807) is 0 Å². The zero-order valence-corrected chi connectivity index (χ0v) is 27.1. The molecule has 0 fully saturated rings. The van der Waals surface area contributed by atoms with E-state index < -0.39 is 5.41 Å². The summed E-state index contributed by atoms with van der Waals surface area (Å²) in [6.45, 7) is 2.16. The molecule has 0 N–H and O–H groups in total. The molecule has 8 aromatic carbocycles. The highest BCUT2D eigenvalue weighted by atomic mass is 15.0. The molecular formula is C48H31N. The maximum atomic E-state index is 2.52. The van der Waals surface area contributed by atoms with Gasteiger partial charge in [0.1, 0.15) is 0 Å². The number of hydrogen-bond donors (Lipinski definition) is 0. The molecule has 1 aliphatic heterocycles. The molecular weight excluding hydrogens is 591 g/mol. The largest absolute Gasteiger partial charge is 0.309 e. The van der Waals surface area contributed by atoms with Crippen LogP contribution in [0, 0.1) is 6.92 Å². The van der Waals surface area contributed by atoms with E-state index in [1.807, 2.05) is 0 Å². The molecule has 2 heterocycles. The maximum Gasteiger partial charge on any atom is 0.0754 e. The fourth-order valence-electron chi connectivity index (χ4n) is 9.27. The van der Waals surface area contributed by atoms with Gasteiger partial charge < -0.3 is 4.57 Å². The first-order valence-electron chi connectivity index (χ1n) is 17.2. The van der Waals surface area contributed by atoms with Crippen molar-refractivity contribution in [2.24, 2.45) is 0 Å². The summed E-state index contributed by atoms with van der Waals surface area (Å²) in [6.07, 6.45) is 0. The number of benzene rings is 8. The highest BCUT2D eigenvalue weighted by Crippen LogP contribution is 2.61. The molecule has 1 aromatic heterocycles. The van der Waals surface area contributed by atoms with Crippen molar-refractivity contribution in [2.45, 2.75) is 12.3 Å². The van der Waals surface area contributed by atoms with Gasteiger partial charge in [0, 0.05) is 10.8 Å². The average molecular weight is 622 g/mol. The van der Waals surface area contributed by atoms with Crippen LogP contribution in [-0.2, 0) is 5.41 Å². The van der Waals surface area contributed by atoms with Gasteiger partial charge in [0.15, 0.2) is 0 Å². The SMILES string of the molecule is Cc1ccc(-c2c(-c3ccc4c(c3)C3(c5ccccc5-4)c4ccccc4-n4c5ccccc5c5cccc3c54)ccc3ccccc23)cc1. The minimum atomic E-state index is -0.469. The van der Waals surface area contributed by atoms with Crippen LogP contribution in [-0.4, -0.2) is 4.57 Å². The molecule has 1 unspecified atom stereocenters. The Labute approximate surface area is 285 Å². The molecule has 2 aliphatic rings. The molecule has 1 nitrogen and oxygen atoms in total. The van der Waals surface area contributed by atoms with Crippen LogP contribution in [0.2, 0.25) is 0 Å². The Kier molecular flexibility index (Phi) is 5.31. The van der Waals surface area contributed by atoms with Crippen LogP contribution in [0.5, 0.6) is 0 Å². The Balaban J connectivity index is 1.28. The van der Waals surface area contributed by atoms with Crippen molar-refractivity contribution in [3.63, 3.8) is 0 Å². The molecule has 0 saturated carbocycles. The number of rotatable bonds is 2. The van der Waals surface area contributed by atoms with Crippen LogP contribution in [0.3, 0.4) is 0 Å². The number of fused-ring (bicyclic) bond motifs is 13. The molecule has 0 amide bonds. The second-order valence-corrected chi connectivity index (χ2v) is 13.7. The fourth-order valence-corrected chi connectivity index (χ4v) is 9.27. The summed E-state index contributed by atoms with van der Waals surface area (Å²) in [4.78, 5) is 0. The summed E-state index contributed by atoms with van der Waals surface area (Å²) in [5.74, 6) is 0. The zero-order chi connectivity index (χ0) is 32.3. The van der Waals surface area contributed by atoms with Gasteiger partial charge in [-0.25, -0.2) is 0 Å². The number of aromatic nitrogens is 1. The average Bonchev–Trinajstić information content (AvgIpc) is 3.65. The van der Waals surface area contributed by atoms with E-state index in [1.165, 1.54) is 99.5 Å². The van der Waals surface area contributed by atoms with E-state index in [0.717, 1.165) is 0 Å². The molecule has 0 bridgehead atoms. The van der Waals surface area contributed by atoms with Crippen LogP contribution in [0.4, 0.5) is 0 Å². The smallest absolute Gasteiger partial charge is 0.0754 e. The number of nitrogens with zero attached hydrogens (tertiary/aromatic N) is 1. The van der Waals surface area contributed by atoms with Crippen molar-refractivity contribution in [3.05, 3.63) is 198 Å². The summed E-state index contributed by atoms with van der Waals surface area (Å²) in [7, 11) is 0. The quantitative estimate of drug-likeness (QED) is 0.181. The molecule has 9 aromatic rings. The lowest BCUT2D eigenvalue weighted by Gasteiger charge is -2.39. The van der Waals surface area contributed by atoms with Gasteiger partial charge in [-0.05, 0) is 91.5 Å². The van der Waals surface area contributed by atoms with Crippen molar-refractivity contribution in [2.75, 3.05) is 0 Å². The minimum absolute atomic E-state index is 0.469. The minimum Gasteiger partial charge on any atom is -0.309 e. The van der Waals surface area contributed by atoms with Crippen molar-refractivity contribution < 1.29 is 0 Å². The third-order valence-corrected chi connectivity index (χ3v) is 11.3. The van der Waals surface area contributed by atoms with Gasteiger partial charge in [-0.1, -0.05) is 157 Å². The van der Waals surface area contributed by atoms with Gasteiger partial charge in [-0.2, -0.15) is 0 Å². The van der Waals surface area contributed by atoms with E-state index >= 15 is 0 Å². The predicted molar refractivity (Wildman–Crippen MR) is 205 cm³/mol. The molecule has 0 saturated heterocycles. The topological polar surface area (TPSA) is 4.93 Å². The van der Waals surface area contributed by atoms with Crippen molar-refractivity contribution in [3.8, 4) is 39.1 Å². The van der Waals surface area contributed by atoms with Crippen LogP contribution < -0.4 is 0 Å². The molecule has 1 heteroatoms.